The standard InChI is InChI=1S/C39H44N4O4/c1-27(2)25-40-26-32-21-29-13-9-17-33(22-29)47-34-18-10-14-30(23-34)24-36(43-37(44)31-15-7-4-8-16-31)39(46)42-35(38(45)41-32)20-19-28-11-5-3-6-12-28/h3-18,22-23,27,32,35-36,40H,19-21,24-26H2,1-2H3,(H,41,45)(H,42,46)(H,43,44)/t32-,35-,36-/m0/s1. The maximum absolute atomic E-state index is 14.0. The minimum absolute atomic E-state index is 0.205. The number of carbonyl (C=O) groups is 3. The zero-order valence-electron chi connectivity index (χ0n) is 27.1. The van der Waals surface area contributed by atoms with Gasteiger partial charge in [0, 0.05) is 24.6 Å². The summed E-state index contributed by atoms with van der Waals surface area (Å²) in [5, 5.41) is 12.7. The van der Waals surface area contributed by atoms with Gasteiger partial charge in [-0.15, -0.1) is 0 Å². The van der Waals surface area contributed by atoms with Crippen LogP contribution in [0.1, 0.15) is 47.3 Å². The SMILES string of the molecule is CC(C)CNC[C@@H]1Cc2cccc(c2)Oc2cccc(c2)C[C@H](NC(=O)c2ccccc2)C(=O)N[C@@H](CCc2ccccc2)C(=O)N1. The lowest BCUT2D eigenvalue weighted by molar-refractivity contribution is -0.130. The number of nitrogens with one attached hydrogen (secondary N) is 4. The molecule has 4 N–H and O–H groups in total. The van der Waals surface area contributed by atoms with Gasteiger partial charge in [0.1, 0.15) is 23.6 Å². The molecule has 0 unspecified atom stereocenters. The third-order valence-electron chi connectivity index (χ3n) is 8.10. The van der Waals surface area contributed by atoms with Crippen LogP contribution in [0.25, 0.3) is 0 Å². The first kappa shape index (κ1) is 33.4. The zero-order chi connectivity index (χ0) is 33.0. The first-order valence-electron chi connectivity index (χ1n) is 16.4. The van der Waals surface area contributed by atoms with E-state index in [0.717, 1.165) is 23.2 Å². The number of rotatable bonds is 9. The predicted molar refractivity (Wildman–Crippen MR) is 184 cm³/mol. The highest BCUT2D eigenvalue weighted by Gasteiger charge is 2.29. The summed E-state index contributed by atoms with van der Waals surface area (Å²) in [5.74, 6) is 0.695. The Morgan fingerprint density at radius 3 is 2.09 bits per heavy atom. The maximum Gasteiger partial charge on any atom is 0.251 e. The second-order valence-corrected chi connectivity index (χ2v) is 12.5. The van der Waals surface area contributed by atoms with Crippen LogP contribution in [0.4, 0.5) is 0 Å². The number of ether oxygens (including phenoxy) is 1. The summed E-state index contributed by atoms with van der Waals surface area (Å²) in [7, 11) is 0. The molecule has 1 aliphatic heterocycles. The third-order valence-corrected chi connectivity index (χ3v) is 8.10. The second kappa shape index (κ2) is 16.6. The van der Waals surface area contributed by atoms with Crippen LogP contribution in [0.2, 0.25) is 0 Å². The Labute approximate surface area is 277 Å². The van der Waals surface area contributed by atoms with Gasteiger partial charge < -0.3 is 26.0 Å². The van der Waals surface area contributed by atoms with Crippen LogP contribution in [0.15, 0.2) is 109 Å². The molecule has 0 fully saturated rings. The van der Waals surface area contributed by atoms with Gasteiger partial charge in [0.15, 0.2) is 0 Å². The lowest BCUT2D eigenvalue weighted by atomic mass is 10.0. The molecule has 0 radical (unpaired) electrons. The van der Waals surface area contributed by atoms with Crippen molar-refractivity contribution < 1.29 is 19.1 Å². The lowest BCUT2D eigenvalue weighted by Gasteiger charge is -2.27. The van der Waals surface area contributed by atoms with Crippen molar-refractivity contribution in [3.05, 3.63) is 131 Å². The Hall–Kier alpha value is -4.95. The van der Waals surface area contributed by atoms with Gasteiger partial charge in [-0.1, -0.05) is 86.6 Å². The van der Waals surface area contributed by atoms with E-state index in [2.05, 4.69) is 35.1 Å². The van der Waals surface area contributed by atoms with Crippen molar-refractivity contribution in [3.63, 3.8) is 0 Å². The van der Waals surface area contributed by atoms with Gasteiger partial charge in [0.05, 0.1) is 0 Å². The van der Waals surface area contributed by atoms with E-state index >= 15 is 0 Å². The summed E-state index contributed by atoms with van der Waals surface area (Å²) in [6.45, 7) is 5.65. The van der Waals surface area contributed by atoms with Crippen molar-refractivity contribution >= 4 is 17.7 Å². The van der Waals surface area contributed by atoms with Crippen LogP contribution in [0.3, 0.4) is 0 Å². The van der Waals surface area contributed by atoms with E-state index in [4.69, 9.17) is 4.74 Å². The summed E-state index contributed by atoms with van der Waals surface area (Å²) in [6.07, 6.45) is 1.77. The van der Waals surface area contributed by atoms with Gasteiger partial charge >= 0.3 is 0 Å². The highest BCUT2D eigenvalue weighted by molar-refractivity contribution is 5.98. The highest BCUT2D eigenvalue weighted by Crippen LogP contribution is 2.25. The number of fused-ring (bicyclic) bond motifs is 4. The third kappa shape index (κ3) is 10.3. The fourth-order valence-corrected chi connectivity index (χ4v) is 5.69. The molecule has 0 saturated carbocycles. The zero-order valence-corrected chi connectivity index (χ0v) is 27.1. The molecule has 1 heterocycles. The molecule has 0 aromatic heterocycles. The molecule has 8 heteroatoms. The van der Waals surface area contributed by atoms with E-state index in [9.17, 15) is 14.4 Å². The number of carbonyl (C=O) groups excluding carboxylic acids is 3. The van der Waals surface area contributed by atoms with Crippen molar-refractivity contribution in [2.75, 3.05) is 13.1 Å². The summed E-state index contributed by atoms with van der Waals surface area (Å²) < 4.78 is 6.24. The van der Waals surface area contributed by atoms with Crippen molar-refractivity contribution in [3.8, 4) is 11.5 Å². The molecule has 4 aromatic carbocycles. The summed E-state index contributed by atoms with van der Waals surface area (Å²) >= 11 is 0. The molecule has 47 heavy (non-hydrogen) atoms. The Morgan fingerprint density at radius 2 is 1.43 bits per heavy atom. The van der Waals surface area contributed by atoms with Crippen LogP contribution >= 0.6 is 0 Å². The van der Waals surface area contributed by atoms with Crippen LogP contribution in [-0.2, 0) is 28.9 Å². The maximum atomic E-state index is 14.0. The van der Waals surface area contributed by atoms with Crippen molar-refractivity contribution in [2.24, 2.45) is 5.92 Å². The van der Waals surface area contributed by atoms with E-state index in [1.807, 2.05) is 84.9 Å². The smallest absolute Gasteiger partial charge is 0.251 e. The Kier molecular flexibility index (Phi) is 11.8. The lowest BCUT2D eigenvalue weighted by Crippen LogP contribution is -2.56. The van der Waals surface area contributed by atoms with Crippen LogP contribution in [0, 0.1) is 5.92 Å². The number of aryl methyl sites for hydroxylation is 1. The molecule has 3 atom stereocenters. The molecule has 0 spiro atoms. The topological polar surface area (TPSA) is 109 Å². The Bertz CT molecular complexity index is 1630. The van der Waals surface area contributed by atoms with Gasteiger partial charge in [-0.3, -0.25) is 14.4 Å². The molecule has 0 saturated heterocycles. The Morgan fingerprint density at radius 1 is 0.787 bits per heavy atom. The van der Waals surface area contributed by atoms with Gasteiger partial charge in [-0.05, 0) is 84.8 Å². The number of hydrogen-bond acceptors (Lipinski definition) is 5. The molecule has 3 amide bonds. The minimum atomic E-state index is -0.940. The van der Waals surface area contributed by atoms with Crippen LogP contribution < -0.4 is 26.0 Å². The summed E-state index contributed by atoms with van der Waals surface area (Å²) in [4.78, 5) is 41.4. The predicted octanol–water partition coefficient (Wildman–Crippen LogP) is 5.22. The first-order chi connectivity index (χ1) is 22.8. The van der Waals surface area contributed by atoms with Crippen molar-refractivity contribution in [1.29, 1.82) is 0 Å². The number of benzene rings is 4. The normalized spacial score (nSPS) is 18.5. The van der Waals surface area contributed by atoms with Crippen LogP contribution in [-0.4, -0.2) is 48.9 Å². The highest BCUT2D eigenvalue weighted by atomic mass is 16.5. The average molecular weight is 633 g/mol. The fourth-order valence-electron chi connectivity index (χ4n) is 5.69. The fraction of sp³-hybridized carbons (Fsp3) is 0.308. The second-order valence-electron chi connectivity index (χ2n) is 12.5. The number of hydrogen-bond donors (Lipinski definition) is 4. The molecule has 5 rings (SSSR count). The van der Waals surface area contributed by atoms with Gasteiger partial charge in [0.25, 0.3) is 5.91 Å². The van der Waals surface area contributed by atoms with Crippen molar-refractivity contribution in [1.82, 2.24) is 21.3 Å². The molecule has 1 aliphatic rings. The molecular weight excluding hydrogens is 588 g/mol. The van der Waals surface area contributed by atoms with E-state index in [-0.39, 0.29) is 24.3 Å². The molecule has 8 nitrogen and oxygen atoms in total. The molecule has 0 aliphatic carbocycles. The monoisotopic (exact) mass is 632 g/mol. The molecule has 244 valence electrons. The molecule has 4 aromatic rings. The number of amides is 3. The average Bonchev–Trinajstić information content (AvgIpc) is 3.06. The van der Waals surface area contributed by atoms with E-state index < -0.39 is 18.0 Å². The summed E-state index contributed by atoms with van der Waals surface area (Å²) in [6, 6.07) is 32.1. The van der Waals surface area contributed by atoms with Crippen molar-refractivity contribution in [2.45, 2.75) is 57.7 Å². The molecular formula is C39H44N4O4. The first-order valence-corrected chi connectivity index (χ1v) is 16.4. The van der Waals surface area contributed by atoms with E-state index in [0.29, 0.717) is 48.8 Å². The summed E-state index contributed by atoms with van der Waals surface area (Å²) in [5.41, 5.74) is 3.34. The minimum Gasteiger partial charge on any atom is -0.457 e. The van der Waals surface area contributed by atoms with E-state index in [1.54, 1.807) is 24.3 Å². The largest absolute Gasteiger partial charge is 0.457 e. The van der Waals surface area contributed by atoms with Crippen LogP contribution in [0.5, 0.6) is 11.5 Å². The Balaban J connectivity index is 1.48. The van der Waals surface area contributed by atoms with E-state index in [1.165, 1.54) is 0 Å². The quantitative estimate of drug-likeness (QED) is 0.202. The van der Waals surface area contributed by atoms with Gasteiger partial charge in [0.2, 0.25) is 11.8 Å². The van der Waals surface area contributed by atoms with Gasteiger partial charge in [-0.25, -0.2) is 0 Å². The molecule has 4 bridgehead atoms. The van der Waals surface area contributed by atoms with Gasteiger partial charge in [-0.2, -0.15) is 0 Å².